The second-order valence-corrected chi connectivity index (χ2v) is 7.32. The molecule has 3 atom stereocenters. The highest BCUT2D eigenvalue weighted by Crippen LogP contribution is 2.34. The first kappa shape index (κ1) is 15.3. The average Bonchev–Trinajstić information content (AvgIpc) is 2.97. The van der Waals surface area contributed by atoms with Crippen LogP contribution in [0.3, 0.4) is 0 Å². The Kier molecular flexibility index (Phi) is 4.52. The molecular formula is C16H30N4O. The van der Waals surface area contributed by atoms with E-state index in [4.69, 9.17) is 5.73 Å². The van der Waals surface area contributed by atoms with Crippen LogP contribution in [0.1, 0.15) is 39.0 Å². The molecule has 0 aromatic rings. The van der Waals surface area contributed by atoms with Crippen LogP contribution in [-0.2, 0) is 4.79 Å². The zero-order valence-corrected chi connectivity index (χ0v) is 13.3. The van der Waals surface area contributed by atoms with Crippen LogP contribution in [0.25, 0.3) is 0 Å². The summed E-state index contributed by atoms with van der Waals surface area (Å²) in [6.07, 6.45) is 5.40. The second kappa shape index (κ2) is 6.23. The van der Waals surface area contributed by atoms with Gasteiger partial charge in [0, 0.05) is 50.8 Å². The first-order chi connectivity index (χ1) is 10.1. The summed E-state index contributed by atoms with van der Waals surface area (Å²) in [5, 5.41) is 3.40. The summed E-state index contributed by atoms with van der Waals surface area (Å²) in [6, 6.07) is 0.559. The van der Waals surface area contributed by atoms with E-state index >= 15 is 0 Å². The highest BCUT2D eigenvalue weighted by molar-refractivity contribution is 5.80. The lowest BCUT2D eigenvalue weighted by Crippen LogP contribution is -2.54. The van der Waals surface area contributed by atoms with E-state index < -0.39 is 0 Å². The number of nitrogens with one attached hydrogen (secondary N) is 1. The minimum absolute atomic E-state index is 0.0352. The molecule has 21 heavy (non-hydrogen) atoms. The van der Waals surface area contributed by atoms with Crippen molar-refractivity contribution in [2.24, 2.45) is 11.7 Å². The van der Waals surface area contributed by atoms with Crippen LogP contribution in [0, 0.1) is 5.92 Å². The van der Waals surface area contributed by atoms with Crippen molar-refractivity contribution in [3.8, 4) is 0 Å². The van der Waals surface area contributed by atoms with Gasteiger partial charge in [0.15, 0.2) is 0 Å². The largest absolute Gasteiger partial charge is 0.341 e. The maximum absolute atomic E-state index is 12.9. The van der Waals surface area contributed by atoms with E-state index in [2.05, 4.69) is 22.0 Å². The number of hydrogen-bond acceptors (Lipinski definition) is 4. The van der Waals surface area contributed by atoms with Crippen molar-refractivity contribution in [1.82, 2.24) is 15.1 Å². The zero-order chi connectivity index (χ0) is 14.9. The highest BCUT2D eigenvalue weighted by atomic mass is 16.2. The third-order valence-corrected chi connectivity index (χ3v) is 5.70. The molecule has 5 nitrogen and oxygen atoms in total. The van der Waals surface area contributed by atoms with Crippen molar-refractivity contribution in [1.29, 1.82) is 0 Å². The van der Waals surface area contributed by atoms with Crippen molar-refractivity contribution in [2.45, 2.75) is 50.6 Å². The van der Waals surface area contributed by atoms with E-state index in [1.165, 1.54) is 6.42 Å². The number of likely N-dealkylation sites (tertiary alicyclic amines) is 1. The van der Waals surface area contributed by atoms with Crippen LogP contribution in [0.15, 0.2) is 0 Å². The fourth-order valence-corrected chi connectivity index (χ4v) is 4.27. The molecule has 2 aliphatic heterocycles. The van der Waals surface area contributed by atoms with Gasteiger partial charge in [0.05, 0.1) is 5.92 Å². The van der Waals surface area contributed by atoms with Crippen LogP contribution in [0.5, 0.6) is 0 Å². The van der Waals surface area contributed by atoms with Crippen molar-refractivity contribution < 1.29 is 4.79 Å². The molecule has 5 heteroatoms. The summed E-state index contributed by atoms with van der Waals surface area (Å²) in [6.45, 7) is 8.28. The molecule has 120 valence electrons. The molecule has 2 heterocycles. The zero-order valence-electron chi connectivity index (χ0n) is 13.3. The maximum atomic E-state index is 12.9. The minimum atomic E-state index is -0.303. The van der Waals surface area contributed by atoms with Gasteiger partial charge < -0.3 is 16.0 Å². The summed E-state index contributed by atoms with van der Waals surface area (Å²) in [4.78, 5) is 17.5. The molecule has 3 unspecified atom stereocenters. The van der Waals surface area contributed by atoms with Gasteiger partial charge in [0.25, 0.3) is 0 Å². The Hall–Kier alpha value is -0.650. The smallest absolute Gasteiger partial charge is 0.227 e. The van der Waals surface area contributed by atoms with E-state index in [9.17, 15) is 4.79 Å². The van der Waals surface area contributed by atoms with E-state index in [1.54, 1.807) is 0 Å². The molecule has 0 spiro atoms. The monoisotopic (exact) mass is 294 g/mol. The van der Waals surface area contributed by atoms with Gasteiger partial charge in [-0.25, -0.2) is 0 Å². The third kappa shape index (κ3) is 3.25. The topological polar surface area (TPSA) is 61.6 Å². The summed E-state index contributed by atoms with van der Waals surface area (Å²) in [7, 11) is 0. The average molecular weight is 294 g/mol. The van der Waals surface area contributed by atoms with Crippen LogP contribution in [-0.4, -0.2) is 66.6 Å². The molecule has 3 rings (SSSR count). The fraction of sp³-hybridized carbons (Fsp3) is 0.938. The molecule has 1 amide bonds. The molecule has 0 aromatic heterocycles. The lowest BCUT2D eigenvalue weighted by molar-refractivity contribution is -0.138. The van der Waals surface area contributed by atoms with Crippen LogP contribution in [0.2, 0.25) is 0 Å². The number of rotatable bonds is 2. The van der Waals surface area contributed by atoms with Gasteiger partial charge in [-0.05, 0) is 26.2 Å². The summed E-state index contributed by atoms with van der Waals surface area (Å²) >= 11 is 0. The maximum Gasteiger partial charge on any atom is 0.227 e. The van der Waals surface area contributed by atoms with Crippen molar-refractivity contribution >= 4 is 5.91 Å². The quantitative estimate of drug-likeness (QED) is 0.774. The number of amides is 1. The highest BCUT2D eigenvalue weighted by Gasteiger charge is 2.42. The first-order valence-corrected chi connectivity index (χ1v) is 8.60. The van der Waals surface area contributed by atoms with Crippen molar-refractivity contribution in [2.75, 3.05) is 39.3 Å². The van der Waals surface area contributed by atoms with E-state index in [0.29, 0.717) is 11.9 Å². The van der Waals surface area contributed by atoms with Gasteiger partial charge in [-0.15, -0.1) is 0 Å². The molecule has 3 aliphatic rings. The Morgan fingerprint density at radius 1 is 1.19 bits per heavy atom. The number of carbonyl (C=O) groups excluding carboxylic acids is 1. The van der Waals surface area contributed by atoms with Crippen molar-refractivity contribution in [3.63, 3.8) is 0 Å². The van der Waals surface area contributed by atoms with Crippen LogP contribution < -0.4 is 11.1 Å². The van der Waals surface area contributed by atoms with Gasteiger partial charge in [-0.3, -0.25) is 9.69 Å². The molecule has 0 radical (unpaired) electrons. The second-order valence-electron chi connectivity index (χ2n) is 7.32. The van der Waals surface area contributed by atoms with Gasteiger partial charge in [-0.1, -0.05) is 12.8 Å². The number of hydrogen-bond donors (Lipinski definition) is 2. The van der Waals surface area contributed by atoms with Crippen LogP contribution in [0.4, 0.5) is 0 Å². The molecule has 1 saturated carbocycles. The van der Waals surface area contributed by atoms with E-state index in [0.717, 1.165) is 65.0 Å². The standard InChI is InChI=1S/C16H30N4O/c1-16(17)6-3-2-4-14(16)15(21)20-9-5-13(12-20)19-10-7-18-8-11-19/h13-14,18H,2-12,17H2,1H3. The first-order valence-electron chi connectivity index (χ1n) is 8.60. The summed E-state index contributed by atoms with van der Waals surface area (Å²) < 4.78 is 0. The van der Waals surface area contributed by atoms with Crippen LogP contribution >= 0.6 is 0 Å². The Bertz CT molecular complexity index is 378. The van der Waals surface area contributed by atoms with Gasteiger partial charge in [0.2, 0.25) is 5.91 Å². The number of carbonyl (C=O) groups is 1. The van der Waals surface area contributed by atoms with Gasteiger partial charge in [0.1, 0.15) is 0 Å². The summed E-state index contributed by atoms with van der Waals surface area (Å²) in [5.41, 5.74) is 6.10. The molecule has 3 N–H and O–H groups in total. The lowest BCUT2D eigenvalue weighted by Gasteiger charge is -2.39. The molecule has 2 saturated heterocycles. The number of piperazine rings is 1. The normalized spacial score (nSPS) is 38.7. The van der Waals surface area contributed by atoms with E-state index in [1.807, 2.05) is 0 Å². The Balaban J connectivity index is 1.58. The predicted molar refractivity (Wildman–Crippen MR) is 84.0 cm³/mol. The summed E-state index contributed by atoms with van der Waals surface area (Å²) in [5.74, 6) is 0.352. The number of nitrogens with two attached hydrogens (primary N) is 1. The molecule has 1 aliphatic carbocycles. The van der Waals surface area contributed by atoms with E-state index in [-0.39, 0.29) is 11.5 Å². The fourth-order valence-electron chi connectivity index (χ4n) is 4.27. The molecule has 0 bridgehead atoms. The van der Waals surface area contributed by atoms with Gasteiger partial charge >= 0.3 is 0 Å². The minimum Gasteiger partial charge on any atom is -0.341 e. The molecular weight excluding hydrogens is 264 g/mol. The number of nitrogens with zero attached hydrogens (tertiary/aromatic N) is 2. The Morgan fingerprint density at radius 3 is 2.67 bits per heavy atom. The Morgan fingerprint density at radius 2 is 1.95 bits per heavy atom. The molecule has 3 fully saturated rings. The van der Waals surface area contributed by atoms with Gasteiger partial charge in [-0.2, -0.15) is 0 Å². The lowest BCUT2D eigenvalue weighted by atomic mass is 9.74. The molecule has 0 aromatic carbocycles. The Labute approximate surface area is 128 Å². The third-order valence-electron chi connectivity index (χ3n) is 5.70. The SMILES string of the molecule is CC1(N)CCCCC1C(=O)N1CCC(N2CCNCC2)C1. The predicted octanol–water partition coefficient (Wildman–Crippen LogP) is 0.400. The van der Waals surface area contributed by atoms with Crippen molar-refractivity contribution in [3.05, 3.63) is 0 Å².